The summed E-state index contributed by atoms with van der Waals surface area (Å²) < 4.78 is 0. The van der Waals surface area contributed by atoms with E-state index in [4.69, 9.17) is 5.73 Å². The summed E-state index contributed by atoms with van der Waals surface area (Å²) in [6, 6.07) is 0. The summed E-state index contributed by atoms with van der Waals surface area (Å²) >= 11 is 0. The third-order valence-corrected chi connectivity index (χ3v) is 2.42. The van der Waals surface area contributed by atoms with E-state index in [1.165, 1.54) is 32.1 Å². The van der Waals surface area contributed by atoms with Crippen molar-refractivity contribution in [3.05, 3.63) is 0 Å². The lowest BCUT2D eigenvalue weighted by Gasteiger charge is -2.07. The fraction of sp³-hybridized carbons (Fsp3) is 1.00. The van der Waals surface area contributed by atoms with Crippen molar-refractivity contribution in [2.45, 2.75) is 39.0 Å². The van der Waals surface area contributed by atoms with Gasteiger partial charge in [-0.05, 0) is 24.8 Å². The first-order valence-electron chi connectivity index (χ1n) is 4.53. The predicted molar refractivity (Wildman–Crippen MR) is 44.8 cm³/mol. The van der Waals surface area contributed by atoms with Gasteiger partial charge in [-0.15, -0.1) is 0 Å². The molecular weight excluding hydrogens is 122 g/mol. The largest absolute Gasteiger partial charge is 0.330 e. The smallest absolute Gasteiger partial charge is 0.00747 e. The van der Waals surface area contributed by atoms with Gasteiger partial charge in [0, 0.05) is 0 Å². The van der Waals surface area contributed by atoms with Gasteiger partial charge in [-0.2, -0.15) is 0 Å². The Hall–Kier alpha value is -0.0400. The van der Waals surface area contributed by atoms with Crippen LogP contribution in [0.4, 0.5) is 0 Å². The summed E-state index contributed by atoms with van der Waals surface area (Å²) in [6.07, 6.45) is 7.07. The molecule has 0 aromatic carbocycles. The van der Waals surface area contributed by atoms with Gasteiger partial charge in [-0.25, -0.2) is 0 Å². The Morgan fingerprint density at radius 2 is 2.10 bits per heavy atom. The second kappa shape index (κ2) is 3.97. The zero-order valence-corrected chi connectivity index (χ0v) is 6.97. The molecule has 1 nitrogen and oxygen atoms in total. The van der Waals surface area contributed by atoms with E-state index in [1.807, 2.05) is 0 Å². The maximum absolute atomic E-state index is 5.45. The second-order valence-corrected chi connectivity index (χ2v) is 3.70. The van der Waals surface area contributed by atoms with E-state index in [0.717, 1.165) is 18.4 Å². The Bertz CT molecular complexity index is 86.7. The molecule has 0 saturated heterocycles. The minimum absolute atomic E-state index is 0.866. The van der Waals surface area contributed by atoms with Crippen molar-refractivity contribution >= 4 is 0 Å². The maximum Gasteiger partial charge on any atom is -0.00747 e. The van der Waals surface area contributed by atoms with Gasteiger partial charge in [-0.3, -0.25) is 0 Å². The van der Waals surface area contributed by atoms with Gasteiger partial charge in [0.25, 0.3) is 0 Å². The fourth-order valence-electron chi connectivity index (χ4n) is 1.36. The molecule has 0 radical (unpaired) electrons. The van der Waals surface area contributed by atoms with Crippen LogP contribution in [0.25, 0.3) is 0 Å². The Kier molecular flexibility index (Phi) is 3.20. The number of rotatable bonds is 5. The van der Waals surface area contributed by atoms with Gasteiger partial charge >= 0.3 is 0 Å². The second-order valence-electron chi connectivity index (χ2n) is 3.70. The van der Waals surface area contributed by atoms with Crippen LogP contribution in [0.1, 0.15) is 39.0 Å². The van der Waals surface area contributed by atoms with Crippen LogP contribution in [0, 0.1) is 11.8 Å². The van der Waals surface area contributed by atoms with E-state index in [0.29, 0.717) is 0 Å². The Labute approximate surface area is 64.0 Å². The summed E-state index contributed by atoms with van der Waals surface area (Å²) in [7, 11) is 0. The van der Waals surface area contributed by atoms with Crippen molar-refractivity contribution in [2.75, 3.05) is 6.54 Å². The zero-order valence-electron chi connectivity index (χ0n) is 6.97. The molecule has 1 fully saturated rings. The molecule has 2 N–H and O–H groups in total. The van der Waals surface area contributed by atoms with E-state index < -0.39 is 0 Å². The summed E-state index contributed by atoms with van der Waals surface area (Å²) in [5.41, 5.74) is 5.45. The lowest BCUT2D eigenvalue weighted by atomic mass is 10.0. The Morgan fingerprint density at radius 1 is 1.40 bits per heavy atom. The highest BCUT2D eigenvalue weighted by Gasteiger charge is 2.21. The predicted octanol–water partition coefficient (Wildman–Crippen LogP) is 2.16. The Balaban J connectivity index is 1.89. The van der Waals surface area contributed by atoms with Crippen molar-refractivity contribution in [3.63, 3.8) is 0 Å². The summed E-state index contributed by atoms with van der Waals surface area (Å²) in [6.45, 7) is 3.18. The van der Waals surface area contributed by atoms with Crippen LogP contribution in [0.2, 0.25) is 0 Å². The van der Waals surface area contributed by atoms with Crippen LogP contribution in [-0.4, -0.2) is 6.54 Å². The van der Waals surface area contributed by atoms with Crippen LogP contribution in [0.3, 0.4) is 0 Å². The summed E-state index contributed by atoms with van der Waals surface area (Å²) in [5.74, 6) is 1.96. The van der Waals surface area contributed by atoms with Crippen LogP contribution in [-0.2, 0) is 0 Å². The first-order chi connectivity index (χ1) is 4.83. The lowest BCUT2D eigenvalue weighted by Crippen LogP contribution is -2.05. The van der Waals surface area contributed by atoms with Crippen molar-refractivity contribution in [1.82, 2.24) is 0 Å². The molecule has 0 bridgehead atoms. The molecule has 1 atom stereocenters. The molecule has 10 heavy (non-hydrogen) atoms. The molecule has 1 unspecified atom stereocenters. The molecule has 0 aromatic rings. The zero-order chi connectivity index (χ0) is 7.40. The topological polar surface area (TPSA) is 26.0 Å². The van der Waals surface area contributed by atoms with E-state index in [9.17, 15) is 0 Å². The van der Waals surface area contributed by atoms with E-state index in [-0.39, 0.29) is 0 Å². The average molecular weight is 141 g/mol. The third-order valence-electron chi connectivity index (χ3n) is 2.42. The van der Waals surface area contributed by atoms with Gasteiger partial charge in [-0.1, -0.05) is 32.6 Å². The summed E-state index contributed by atoms with van der Waals surface area (Å²) in [5, 5.41) is 0. The minimum atomic E-state index is 0.866. The molecule has 0 aromatic heterocycles. The highest BCUT2D eigenvalue weighted by Crippen LogP contribution is 2.34. The van der Waals surface area contributed by atoms with Crippen LogP contribution >= 0.6 is 0 Å². The highest BCUT2D eigenvalue weighted by atomic mass is 14.5. The van der Waals surface area contributed by atoms with E-state index in [1.54, 1.807) is 0 Å². The molecule has 1 heteroatoms. The molecule has 0 heterocycles. The van der Waals surface area contributed by atoms with Crippen molar-refractivity contribution in [1.29, 1.82) is 0 Å². The molecule has 0 amide bonds. The quantitative estimate of drug-likeness (QED) is 0.624. The van der Waals surface area contributed by atoms with Gasteiger partial charge < -0.3 is 5.73 Å². The van der Waals surface area contributed by atoms with Crippen molar-refractivity contribution < 1.29 is 0 Å². The van der Waals surface area contributed by atoms with Crippen LogP contribution in [0.15, 0.2) is 0 Å². The van der Waals surface area contributed by atoms with Crippen LogP contribution < -0.4 is 5.73 Å². The monoisotopic (exact) mass is 141 g/mol. The number of hydrogen-bond donors (Lipinski definition) is 1. The average Bonchev–Trinajstić information content (AvgIpc) is 2.67. The molecule has 1 aliphatic carbocycles. The standard InChI is InChI=1S/C9H19N/c1-8(6-7-10)2-3-9-4-5-9/h8-9H,2-7,10H2,1H3. The fourth-order valence-corrected chi connectivity index (χ4v) is 1.36. The van der Waals surface area contributed by atoms with Crippen LogP contribution in [0.5, 0.6) is 0 Å². The van der Waals surface area contributed by atoms with Gasteiger partial charge in [0.2, 0.25) is 0 Å². The summed E-state index contributed by atoms with van der Waals surface area (Å²) in [4.78, 5) is 0. The first-order valence-corrected chi connectivity index (χ1v) is 4.53. The van der Waals surface area contributed by atoms with Gasteiger partial charge in [0.15, 0.2) is 0 Å². The molecule has 1 rings (SSSR count). The molecule has 1 saturated carbocycles. The lowest BCUT2D eigenvalue weighted by molar-refractivity contribution is 0.464. The van der Waals surface area contributed by atoms with Crippen molar-refractivity contribution in [3.8, 4) is 0 Å². The SMILES string of the molecule is CC(CCN)CCC1CC1. The first kappa shape index (κ1) is 8.06. The molecule has 0 spiro atoms. The molecule has 1 aliphatic rings. The van der Waals surface area contributed by atoms with E-state index >= 15 is 0 Å². The van der Waals surface area contributed by atoms with Gasteiger partial charge in [0.1, 0.15) is 0 Å². The normalized spacial score (nSPS) is 21.0. The third kappa shape index (κ3) is 3.21. The number of nitrogens with two attached hydrogens (primary N) is 1. The Morgan fingerprint density at radius 3 is 2.60 bits per heavy atom. The molecular formula is C9H19N. The maximum atomic E-state index is 5.45. The minimum Gasteiger partial charge on any atom is -0.330 e. The molecule has 60 valence electrons. The van der Waals surface area contributed by atoms with Crippen molar-refractivity contribution in [2.24, 2.45) is 17.6 Å². The highest BCUT2D eigenvalue weighted by molar-refractivity contribution is 4.73. The number of hydrogen-bond acceptors (Lipinski definition) is 1. The van der Waals surface area contributed by atoms with Gasteiger partial charge in [0.05, 0.1) is 0 Å². The molecule has 0 aliphatic heterocycles. The van der Waals surface area contributed by atoms with E-state index in [2.05, 4.69) is 6.92 Å².